The summed E-state index contributed by atoms with van der Waals surface area (Å²) in [6, 6.07) is 3.21. The molecular formula is C12H13FN2. The first-order valence-corrected chi connectivity index (χ1v) is 5.23. The van der Waals surface area contributed by atoms with Gasteiger partial charge in [0.2, 0.25) is 0 Å². The van der Waals surface area contributed by atoms with Gasteiger partial charge in [0.15, 0.2) is 0 Å². The number of hydrogen-bond donors (Lipinski definition) is 2. The Morgan fingerprint density at radius 2 is 2.27 bits per heavy atom. The summed E-state index contributed by atoms with van der Waals surface area (Å²) in [5.74, 6) is -0.180. The van der Waals surface area contributed by atoms with E-state index in [0.29, 0.717) is 0 Å². The number of nitrogens with two attached hydrogens (primary N) is 1. The van der Waals surface area contributed by atoms with Gasteiger partial charge in [-0.1, -0.05) is 0 Å². The first kappa shape index (κ1) is 8.92. The van der Waals surface area contributed by atoms with Crippen LogP contribution in [-0.4, -0.2) is 4.98 Å². The molecule has 78 valence electrons. The topological polar surface area (TPSA) is 41.8 Å². The third-order valence-corrected chi connectivity index (χ3v) is 3.27. The molecule has 1 heterocycles. The highest BCUT2D eigenvalue weighted by atomic mass is 19.1. The minimum absolute atomic E-state index is 0.0648. The van der Waals surface area contributed by atoms with Crippen LogP contribution in [-0.2, 0) is 6.42 Å². The summed E-state index contributed by atoms with van der Waals surface area (Å²) in [5, 5.41) is 0.965. The largest absolute Gasteiger partial charge is 0.358 e. The number of aryl methyl sites for hydroxylation is 2. The Labute approximate surface area is 87.3 Å². The summed E-state index contributed by atoms with van der Waals surface area (Å²) in [5.41, 5.74) is 10.3. The summed E-state index contributed by atoms with van der Waals surface area (Å²) >= 11 is 0. The summed E-state index contributed by atoms with van der Waals surface area (Å²) in [4.78, 5) is 3.36. The van der Waals surface area contributed by atoms with E-state index in [1.165, 1.54) is 5.69 Å². The van der Waals surface area contributed by atoms with Crippen LogP contribution in [0.5, 0.6) is 0 Å². The van der Waals surface area contributed by atoms with Gasteiger partial charge >= 0.3 is 0 Å². The van der Waals surface area contributed by atoms with Crippen molar-refractivity contribution in [3.8, 4) is 0 Å². The number of nitrogens with one attached hydrogen (secondary N) is 1. The van der Waals surface area contributed by atoms with E-state index in [0.717, 1.165) is 34.9 Å². The van der Waals surface area contributed by atoms with E-state index >= 15 is 0 Å². The van der Waals surface area contributed by atoms with Crippen molar-refractivity contribution in [3.63, 3.8) is 0 Å². The molecule has 3 heteroatoms. The van der Waals surface area contributed by atoms with Gasteiger partial charge in [-0.3, -0.25) is 0 Å². The molecule has 1 aliphatic rings. The van der Waals surface area contributed by atoms with Crippen molar-refractivity contribution in [2.75, 3.05) is 0 Å². The van der Waals surface area contributed by atoms with Gasteiger partial charge in [0.25, 0.3) is 0 Å². The second kappa shape index (κ2) is 2.83. The van der Waals surface area contributed by atoms with Crippen molar-refractivity contribution in [1.29, 1.82) is 0 Å². The van der Waals surface area contributed by atoms with Gasteiger partial charge in [-0.15, -0.1) is 0 Å². The molecule has 0 saturated heterocycles. The minimum Gasteiger partial charge on any atom is -0.358 e. The predicted octanol–water partition coefficient (Wildman–Crippen LogP) is 2.56. The zero-order valence-corrected chi connectivity index (χ0v) is 8.60. The van der Waals surface area contributed by atoms with Gasteiger partial charge in [0.05, 0.1) is 0 Å². The molecule has 15 heavy (non-hydrogen) atoms. The molecule has 2 nitrogen and oxygen atoms in total. The molecule has 0 bridgehead atoms. The number of H-pyrrole nitrogens is 1. The zero-order valence-electron chi connectivity index (χ0n) is 8.60. The molecule has 0 aliphatic heterocycles. The molecule has 0 spiro atoms. The lowest BCUT2D eigenvalue weighted by molar-refractivity contribution is 0.628. The van der Waals surface area contributed by atoms with Gasteiger partial charge in [0, 0.05) is 22.6 Å². The number of halogens is 1. The second-order valence-electron chi connectivity index (χ2n) is 4.31. The molecule has 0 amide bonds. The van der Waals surface area contributed by atoms with Crippen molar-refractivity contribution in [1.82, 2.24) is 4.98 Å². The molecule has 0 saturated carbocycles. The first-order valence-electron chi connectivity index (χ1n) is 5.23. The van der Waals surface area contributed by atoms with Crippen LogP contribution in [0.3, 0.4) is 0 Å². The normalized spacial score (nSPS) is 19.8. The number of aromatic amines is 1. The van der Waals surface area contributed by atoms with Crippen LogP contribution in [0.1, 0.15) is 29.3 Å². The Morgan fingerprint density at radius 1 is 1.47 bits per heavy atom. The van der Waals surface area contributed by atoms with Gasteiger partial charge in [-0.05, 0) is 43.0 Å². The summed E-state index contributed by atoms with van der Waals surface area (Å²) in [6.45, 7) is 1.92. The van der Waals surface area contributed by atoms with Crippen molar-refractivity contribution in [3.05, 3.63) is 34.8 Å². The molecule has 1 aliphatic carbocycles. The third-order valence-electron chi connectivity index (χ3n) is 3.27. The van der Waals surface area contributed by atoms with Gasteiger partial charge < -0.3 is 10.7 Å². The van der Waals surface area contributed by atoms with E-state index in [-0.39, 0.29) is 11.9 Å². The molecule has 2 aromatic rings. The van der Waals surface area contributed by atoms with E-state index in [1.807, 2.05) is 6.92 Å². The van der Waals surface area contributed by atoms with Crippen LogP contribution in [0.2, 0.25) is 0 Å². The van der Waals surface area contributed by atoms with Gasteiger partial charge in [-0.2, -0.15) is 0 Å². The van der Waals surface area contributed by atoms with E-state index < -0.39 is 0 Å². The van der Waals surface area contributed by atoms with E-state index in [4.69, 9.17) is 5.73 Å². The molecular weight excluding hydrogens is 191 g/mol. The summed E-state index contributed by atoms with van der Waals surface area (Å²) in [7, 11) is 0. The van der Waals surface area contributed by atoms with Crippen molar-refractivity contribution in [2.45, 2.75) is 25.8 Å². The van der Waals surface area contributed by atoms with E-state index in [2.05, 4.69) is 4.98 Å². The molecule has 3 rings (SSSR count). The van der Waals surface area contributed by atoms with E-state index in [9.17, 15) is 4.39 Å². The third kappa shape index (κ3) is 1.13. The van der Waals surface area contributed by atoms with Crippen molar-refractivity contribution >= 4 is 10.9 Å². The van der Waals surface area contributed by atoms with Crippen molar-refractivity contribution in [2.24, 2.45) is 5.73 Å². The number of aromatic nitrogens is 1. The maximum absolute atomic E-state index is 13.3. The predicted molar refractivity (Wildman–Crippen MR) is 58.2 cm³/mol. The lowest BCUT2D eigenvalue weighted by Crippen LogP contribution is -2.04. The minimum atomic E-state index is -0.180. The quantitative estimate of drug-likeness (QED) is 0.680. The summed E-state index contributed by atoms with van der Waals surface area (Å²) in [6.07, 6.45) is 1.94. The molecule has 1 aromatic carbocycles. The van der Waals surface area contributed by atoms with Crippen LogP contribution < -0.4 is 5.73 Å². The molecule has 0 fully saturated rings. The SMILES string of the molecule is Cc1cc(F)cc2c3c([nH]c12)CCC3N. The standard InChI is InChI=1S/C12H13FN2/c1-6-4-7(13)5-8-11-9(14)2-3-10(11)15-12(6)8/h4-5,9,15H,2-3,14H2,1H3. The average molecular weight is 204 g/mol. The Balaban J connectivity index is 2.41. The van der Waals surface area contributed by atoms with Crippen LogP contribution in [0, 0.1) is 12.7 Å². The molecule has 1 atom stereocenters. The number of benzene rings is 1. The zero-order chi connectivity index (χ0) is 10.6. The average Bonchev–Trinajstić information content (AvgIpc) is 2.68. The number of rotatable bonds is 0. The number of hydrogen-bond acceptors (Lipinski definition) is 1. The Morgan fingerprint density at radius 3 is 3.07 bits per heavy atom. The monoisotopic (exact) mass is 204 g/mol. The van der Waals surface area contributed by atoms with E-state index in [1.54, 1.807) is 12.1 Å². The van der Waals surface area contributed by atoms with Crippen LogP contribution >= 0.6 is 0 Å². The van der Waals surface area contributed by atoms with Crippen LogP contribution in [0.15, 0.2) is 12.1 Å². The Bertz CT molecular complexity index is 542. The fraction of sp³-hybridized carbons (Fsp3) is 0.333. The van der Waals surface area contributed by atoms with Crippen molar-refractivity contribution < 1.29 is 4.39 Å². The molecule has 1 aromatic heterocycles. The summed E-state index contributed by atoms with van der Waals surface area (Å²) < 4.78 is 13.3. The Hall–Kier alpha value is -1.35. The van der Waals surface area contributed by atoms with Gasteiger partial charge in [0.1, 0.15) is 5.82 Å². The Kier molecular flexibility index (Phi) is 1.68. The highest BCUT2D eigenvalue weighted by Gasteiger charge is 2.24. The highest BCUT2D eigenvalue weighted by molar-refractivity contribution is 5.88. The molecule has 0 radical (unpaired) electrons. The lowest BCUT2D eigenvalue weighted by atomic mass is 10.1. The second-order valence-corrected chi connectivity index (χ2v) is 4.31. The smallest absolute Gasteiger partial charge is 0.124 e. The lowest BCUT2D eigenvalue weighted by Gasteiger charge is -2.04. The van der Waals surface area contributed by atoms with Crippen LogP contribution in [0.25, 0.3) is 10.9 Å². The molecule has 3 N–H and O–H groups in total. The maximum atomic E-state index is 13.3. The number of fused-ring (bicyclic) bond motifs is 3. The fourth-order valence-corrected chi connectivity index (χ4v) is 2.57. The molecule has 1 unspecified atom stereocenters. The highest BCUT2D eigenvalue weighted by Crippen LogP contribution is 2.36. The van der Waals surface area contributed by atoms with Gasteiger partial charge in [-0.25, -0.2) is 4.39 Å². The maximum Gasteiger partial charge on any atom is 0.124 e. The van der Waals surface area contributed by atoms with Crippen LogP contribution in [0.4, 0.5) is 4.39 Å². The fourth-order valence-electron chi connectivity index (χ4n) is 2.57. The first-order chi connectivity index (χ1) is 7.16.